The van der Waals surface area contributed by atoms with Crippen LogP contribution in [0.25, 0.3) is 0 Å². The average molecular weight is 258 g/mol. The lowest BCUT2D eigenvalue weighted by molar-refractivity contribution is 0.567. The van der Waals surface area contributed by atoms with Crippen LogP contribution in [0, 0.1) is 5.95 Å². The van der Waals surface area contributed by atoms with Gasteiger partial charge in [0.25, 0.3) is 0 Å². The molecular formula is C11H13BrFN. The molecule has 0 atom stereocenters. The smallest absolute Gasteiger partial charge is 0.214 e. The predicted molar refractivity (Wildman–Crippen MR) is 58.0 cm³/mol. The van der Waals surface area contributed by atoms with Crippen molar-refractivity contribution in [2.75, 3.05) is 0 Å². The molecule has 1 fully saturated rings. The topological polar surface area (TPSA) is 12.9 Å². The second kappa shape index (κ2) is 3.61. The number of rotatable bonds is 2. The lowest BCUT2D eigenvalue weighted by atomic mass is 10.0. The molecule has 0 aromatic carbocycles. The van der Waals surface area contributed by atoms with Crippen molar-refractivity contribution in [3.8, 4) is 0 Å². The highest BCUT2D eigenvalue weighted by atomic mass is 79.9. The van der Waals surface area contributed by atoms with E-state index in [1.165, 1.54) is 24.5 Å². The van der Waals surface area contributed by atoms with Crippen LogP contribution in [-0.4, -0.2) is 4.98 Å². The molecule has 1 saturated carbocycles. The maximum Gasteiger partial charge on any atom is 0.214 e. The molecule has 0 amide bonds. The Labute approximate surface area is 91.9 Å². The molecular weight excluding hydrogens is 245 g/mol. The largest absolute Gasteiger partial charge is 0.224 e. The van der Waals surface area contributed by atoms with E-state index in [9.17, 15) is 4.39 Å². The monoisotopic (exact) mass is 257 g/mol. The Hall–Kier alpha value is -0.440. The Morgan fingerprint density at radius 3 is 2.64 bits per heavy atom. The number of nitrogens with zero attached hydrogens (tertiary/aromatic N) is 1. The molecule has 1 aliphatic carbocycles. The minimum Gasteiger partial charge on any atom is -0.224 e. The van der Waals surface area contributed by atoms with E-state index in [-0.39, 0.29) is 11.9 Å². The van der Waals surface area contributed by atoms with Crippen LogP contribution in [0.1, 0.15) is 49.8 Å². The van der Waals surface area contributed by atoms with E-state index in [0.29, 0.717) is 5.92 Å². The Morgan fingerprint density at radius 2 is 2.14 bits per heavy atom. The van der Waals surface area contributed by atoms with Crippen molar-refractivity contribution in [2.45, 2.75) is 38.5 Å². The molecule has 14 heavy (non-hydrogen) atoms. The summed E-state index contributed by atoms with van der Waals surface area (Å²) >= 11 is 3.43. The van der Waals surface area contributed by atoms with Gasteiger partial charge in [-0.05, 0) is 30.2 Å². The molecule has 0 unspecified atom stereocenters. The minimum absolute atomic E-state index is 0.289. The molecule has 1 aromatic rings. The SMILES string of the molecule is CC(C)c1nc(F)cc(Br)c1C1CC1. The summed E-state index contributed by atoms with van der Waals surface area (Å²) in [5.41, 5.74) is 2.14. The first-order valence-electron chi connectivity index (χ1n) is 4.95. The van der Waals surface area contributed by atoms with Gasteiger partial charge < -0.3 is 0 Å². The lowest BCUT2D eigenvalue weighted by Crippen LogP contribution is -2.02. The molecule has 0 bridgehead atoms. The molecule has 0 saturated heterocycles. The molecule has 0 spiro atoms. The lowest BCUT2D eigenvalue weighted by Gasteiger charge is -2.12. The average Bonchev–Trinajstić information content (AvgIpc) is 2.85. The van der Waals surface area contributed by atoms with Gasteiger partial charge >= 0.3 is 0 Å². The highest BCUT2D eigenvalue weighted by Gasteiger charge is 2.30. The number of aromatic nitrogens is 1. The van der Waals surface area contributed by atoms with E-state index in [0.717, 1.165) is 10.2 Å². The van der Waals surface area contributed by atoms with Gasteiger partial charge in [0, 0.05) is 10.5 Å². The van der Waals surface area contributed by atoms with E-state index < -0.39 is 0 Å². The minimum atomic E-state index is -0.384. The third-order valence-electron chi connectivity index (χ3n) is 2.54. The van der Waals surface area contributed by atoms with Gasteiger partial charge in [-0.1, -0.05) is 29.8 Å². The van der Waals surface area contributed by atoms with Gasteiger partial charge in [0.05, 0.1) is 5.69 Å². The first kappa shape index (κ1) is 10.1. The number of hydrogen-bond acceptors (Lipinski definition) is 1. The highest BCUT2D eigenvalue weighted by Crippen LogP contribution is 2.46. The fourth-order valence-corrected chi connectivity index (χ4v) is 2.44. The molecule has 1 aromatic heterocycles. The standard InChI is InChI=1S/C11H13BrFN/c1-6(2)11-10(7-3-4-7)8(12)5-9(13)14-11/h5-7H,3-4H2,1-2H3. The fourth-order valence-electron chi connectivity index (χ4n) is 1.73. The summed E-state index contributed by atoms with van der Waals surface area (Å²) in [7, 11) is 0. The van der Waals surface area contributed by atoms with Crippen molar-refractivity contribution in [2.24, 2.45) is 0 Å². The zero-order valence-electron chi connectivity index (χ0n) is 8.35. The van der Waals surface area contributed by atoms with Crippen molar-refractivity contribution in [3.05, 3.63) is 27.7 Å². The molecule has 1 nitrogen and oxygen atoms in total. The van der Waals surface area contributed by atoms with Crippen molar-refractivity contribution >= 4 is 15.9 Å². The van der Waals surface area contributed by atoms with Gasteiger partial charge in [-0.3, -0.25) is 0 Å². The van der Waals surface area contributed by atoms with Crippen molar-refractivity contribution in [3.63, 3.8) is 0 Å². The summed E-state index contributed by atoms with van der Waals surface area (Å²) in [5, 5.41) is 0. The van der Waals surface area contributed by atoms with Gasteiger partial charge in [-0.15, -0.1) is 0 Å². The van der Waals surface area contributed by atoms with Crippen LogP contribution >= 0.6 is 15.9 Å². The summed E-state index contributed by atoms with van der Waals surface area (Å²) < 4.78 is 14.0. The molecule has 1 aliphatic rings. The zero-order valence-corrected chi connectivity index (χ0v) is 9.94. The number of hydrogen-bond donors (Lipinski definition) is 0. The Bertz CT molecular complexity index is 359. The summed E-state index contributed by atoms with van der Waals surface area (Å²) in [4.78, 5) is 4.00. The van der Waals surface area contributed by atoms with E-state index in [1.54, 1.807) is 0 Å². The van der Waals surface area contributed by atoms with E-state index >= 15 is 0 Å². The quantitative estimate of drug-likeness (QED) is 0.731. The zero-order chi connectivity index (χ0) is 10.3. The molecule has 3 heteroatoms. The van der Waals surface area contributed by atoms with Gasteiger partial charge in [-0.25, -0.2) is 4.98 Å². The molecule has 0 N–H and O–H groups in total. The van der Waals surface area contributed by atoms with Crippen molar-refractivity contribution in [1.82, 2.24) is 4.98 Å². The van der Waals surface area contributed by atoms with Crippen LogP contribution in [0.3, 0.4) is 0 Å². The fraction of sp³-hybridized carbons (Fsp3) is 0.545. The van der Waals surface area contributed by atoms with Crippen LogP contribution in [0.2, 0.25) is 0 Å². The maximum atomic E-state index is 13.1. The first-order chi connectivity index (χ1) is 6.59. The van der Waals surface area contributed by atoms with Crippen LogP contribution in [-0.2, 0) is 0 Å². The summed E-state index contributed by atoms with van der Waals surface area (Å²) in [6.07, 6.45) is 2.43. The van der Waals surface area contributed by atoms with Gasteiger partial charge in [-0.2, -0.15) is 4.39 Å². The predicted octanol–water partition coefficient (Wildman–Crippen LogP) is 3.98. The van der Waals surface area contributed by atoms with Crippen LogP contribution in [0.15, 0.2) is 10.5 Å². The Morgan fingerprint density at radius 1 is 1.50 bits per heavy atom. The van der Waals surface area contributed by atoms with Crippen molar-refractivity contribution in [1.29, 1.82) is 0 Å². The first-order valence-corrected chi connectivity index (χ1v) is 5.74. The molecule has 0 radical (unpaired) electrons. The maximum absolute atomic E-state index is 13.1. The van der Waals surface area contributed by atoms with Crippen LogP contribution in [0.4, 0.5) is 4.39 Å². The van der Waals surface area contributed by atoms with Gasteiger partial charge in [0.2, 0.25) is 5.95 Å². The van der Waals surface area contributed by atoms with Gasteiger partial charge in [0.1, 0.15) is 0 Å². The highest BCUT2D eigenvalue weighted by molar-refractivity contribution is 9.10. The summed E-state index contributed by atoms with van der Waals surface area (Å²) in [6.45, 7) is 4.11. The van der Waals surface area contributed by atoms with E-state index in [1.807, 2.05) is 0 Å². The second-order valence-corrected chi connectivity index (χ2v) is 5.01. The Balaban J connectivity index is 2.53. The molecule has 76 valence electrons. The summed E-state index contributed by atoms with van der Waals surface area (Å²) in [5.74, 6) is 0.512. The van der Waals surface area contributed by atoms with E-state index in [4.69, 9.17) is 0 Å². The Kier molecular flexibility index (Phi) is 2.60. The summed E-state index contributed by atoms with van der Waals surface area (Å²) in [6, 6.07) is 1.47. The number of pyridine rings is 1. The molecule has 1 heterocycles. The number of halogens is 2. The van der Waals surface area contributed by atoms with Gasteiger partial charge in [0.15, 0.2) is 0 Å². The third-order valence-corrected chi connectivity index (χ3v) is 3.19. The van der Waals surface area contributed by atoms with Crippen molar-refractivity contribution < 1.29 is 4.39 Å². The van der Waals surface area contributed by atoms with Crippen LogP contribution < -0.4 is 0 Å². The van der Waals surface area contributed by atoms with Crippen LogP contribution in [0.5, 0.6) is 0 Å². The third kappa shape index (κ3) is 1.83. The molecule has 2 rings (SSSR count). The second-order valence-electron chi connectivity index (χ2n) is 4.15. The molecule has 0 aliphatic heterocycles. The van der Waals surface area contributed by atoms with E-state index in [2.05, 4.69) is 34.8 Å². The normalized spacial score (nSPS) is 16.4.